The number of rotatable bonds is 5. The van der Waals surface area contributed by atoms with Crippen LogP contribution in [-0.4, -0.2) is 29.5 Å². The third-order valence-corrected chi connectivity index (χ3v) is 2.58. The van der Waals surface area contributed by atoms with Crippen molar-refractivity contribution in [1.82, 2.24) is 4.90 Å². The predicted octanol–water partition coefficient (Wildman–Crippen LogP) is 2.32. The van der Waals surface area contributed by atoms with Gasteiger partial charge in [0.15, 0.2) is 0 Å². The van der Waals surface area contributed by atoms with Crippen LogP contribution in [0.4, 0.5) is 4.79 Å². The smallest absolute Gasteiger partial charge is 0.416 e. The zero-order valence-electron chi connectivity index (χ0n) is 9.49. The van der Waals surface area contributed by atoms with E-state index in [-0.39, 0.29) is 11.9 Å². The molecule has 0 bridgehead atoms. The van der Waals surface area contributed by atoms with E-state index in [1.807, 2.05) is 6.92 Å². The molecule has 1 aliphatic heterocycles. The third kappa shape index (κ3) is 2.94. The normalized spacial score (nSPS) is 20.5. The molecular weight excluding hydrogens is 194 g/mol. The Bertz CT molecular complexity index is 240. The molecule has 1 rings (SSSR count). The average molecular weight is 213 g/mol. The van der Waals surface area contributed by atoms with E-state index in [1.54, 1.807) is 0 Å². The first-order valence-corrected chi connectivity index (χ1v) is 5.69. The number of nitrogens with zero attached hydrogens (tertiary/aromatic N) is 1. The monoisotopic (exact) mass is 213 g/mol. The number of amides is 2. The minimum Gasteiger partial charge on any atom is -0.447 e. The summed E-state index contributed by atoms with van der Waals surface area (Å²) < 4.78 is 4.91. The highest BCUT2D eigenvalue weighted by Crippen LogP contribution is 2.19. The molecule has 4 nitrogen and oxygen atoms in total. The van der Waals surface area contributed by atoms with Gasteiger partial charge in [0.2, 0.25) is 5.91 Å². The molecule has 1 atom stereocenters. The van der Waals surface area contributed by atoms with Crippen molar-refractivity contribution in [2.45, 2.75) is 52.0 Å². The molecule has 0 spiro atoms. The summed E-state index contributed by atoms with van der Waals surface area (Å²) in [6.07, 6.45) is 3.69. The third-order valence-electron chi connectivity index (χ3n) is 2.58. The Morgan fingerprint density at radius 3 is 2.80 bits per heavy atom. The summed E-state index contributed by atoms with van der Waals surface area (Å²) in [5.41, 5.74) is 0. The maximum atomic E-state index is 11.7. The van der Waals surface area contributed by atoms with Gasteiger partial charge >= 0.3 is 6.09 Å². The molecule has 15 heavy (non-hydrogen) atoms. The number of hydrogen-bond acceptors (Lipinski definition) is 3. The minimum atomic E-state index is -0.463. The van der Waals surface area contributed by atoms with Crippen LogP contribution >= 0.6 is 0 Å². The fourth-order valence-corrected chi connectivity index (χ4v) is 1.75. The summed E-state index contributed by atoms with van der Waals surface area (Å²) in [6, 6.07) is -0.0310. The molecule has 0 aromatic rings. The first-order valence-electron chi connectivity index (χ1n) is 5.69. The molecule has 0 aromatic heterocycles. The van der Waals surface area contributed by atoms with E-state index in [4.69, 9.17) is 4.74 Å². The Labute approximate surface area is 90.6 Å². The van der Waals surface area contributed by atoms with Gasteiger partial charge in [0, 0.05) is 6.42 Å². The van der Waals surface area contributed by atoms with Gasteiger partial charge in [-0.15, -0.1) is 0 Å². The molecule has 0 radical (unpaired) electrons. The second kappa shape index (κ2) is 5.73. The Morgan fingerprint density at radius 2 is 2.20 bits per heavy atom. The van der Waals surface area contributed by atoms with Gasteiger partial charge in [-0.05, 0) is 12.8 Å². The number of carbonyl (C=O) groups excluding carboxylic acids is 2. The number of carbonyl (C=O) groups is 2. The first-order chi connectivity index (χ1) is 7.20. The topological polar surface area (TPSA) is 46.6 Å². The summed E-state index contributed by atoms with van der Waals surface area (Å²) in [4.78, 5) is 24.3. The summed E-state index contributed by atoms with van der Waals surface area (Å²) in [6.45, 7) is 4.39. The lowest BCUT2D eigenvalue weighted by atomic mass is 10.1. The van der Waals surface area contributed by atoms with Crippen LogP contribution in [0.15, 0.2) is 0 Å². The molecule has 0 saturated carbocycles. The fourth-order valence-electron chi connectivity index (χ4n) is 1.75. The molecule has 0 unspecified atom stereocenters. The Morgan fingerprint density at radius 1 is 1.47 bits per heavy atom. The molecule has 1 fully saturated rings. The number of hydrogen-bond donors (Lipinski definition) is 0. The maximum Gasteiger partial charge on any atom is 0.416 e. The number of cyclic esters (lactones) is 1. The zero-order valence-corrected chi connectivity index (χ0v) is 9.49. The number of imide groups is 1. The van der Waals surface area contributed by atoms with Crippen molar-refractivity contribution >= 4 is 12.0 Å². The summed E-state index contributed by atoms with van der Waals surface area (Å²) >= 11 is 0. The van der Waals surface area contributed by atoms with Crippen LogP contribution in [0.3, 0.4) is 0 Å². The van der Waals surface area contributed by atoms with Crippen LogP contribution < -0.4 is 0 Å². The van der Waals surface area contributed by atoms with Crippen molar-refractivity contribution < 1.29 is 14.3 Å². The van der Waals surface area contributed by atoms with Gasteiger partial charge in [-0.3, -0.25) is 4.79 Å². The van der Waals surface area contributed by atoms with Crippen molar-refractivity contribution in [3.05, 3.63) is 0 Å². The molecule has 86 valence electrons. The molecular formula is C11H19NO3. The van der Waals surface area contributed by atoms with E-state index in [2.05, 4.69) is 6.92 Å². The first kappa shape index (κ1) is 12.0. The average Bonchev–Trinajstić information content (AvgIpc) is 2.57. The van der Waals surface area contributed by atoms with Gasteiger partial charge < -0.3 is 4.74 Å². The second-order valence-corrected chi connectivity index (χ2v) is 3.89. The highest BCUT2D eigenvalue weighted by molar-refractivity contribution is 5.93. The number of ether oxygens (including phenoxy) is 1. The van der Waals surface area contributed by atoms with Gasteiger partial charge in [0.05, 0.1) is 6.04 Å². The zero-order chi connectivity index (χ0) is 11.3. The minimum absolute atomic E-state index is 0.0310. The molecule has 0 aromatic carbocycles. The van der Waals surface area contributed by atoms with Gasteiger partial charge in [0.25, 0.3) is 0 Å². The Hall–Kier alpha value is -1.06. The van der Waals surface area contributed by atoms with Crippen LogP contribution in [0.1, 0.15) is 46.0 Å². The van der Waals surface area contributed by atoms with Crippen LogP contribution in [0.5, 0.6) is 0 Å². The van der Waals surface area contributed by atoms with Crippen molar-refractivity contribution in [1.29, 1.82) is 0 Å². The molecule has 4 heteroatoms. The molecule has 0 N–H and O–H groups in total. The van der Waals surface area contributed by atoms with Crippen LogP contribution in [0, 0.1) is 0 Å². The molecule has 1 aliphatic rings. The molecule has 2 amide bonds. The summed E-state index contributed by atoms with van der Waals surface area (Å²) in [7, 11) is 0. The largest absolute Gasteiger partial charge is 0.447 e. The van der Waals surface area contributed by atoms with Gasteiger partial charge in [-0.2, -0.15) is 0 Å². The number of unbranched alkanes of at least 4 members (excludes halogenated alkanes) is 1. The van der Waals surface area contributed by atoms with Gasteiger partial charge in [-0.25, -0.2) is 9.69 Å². The SMILES string of the molecule is CCCC[C@H]1COC(=O)N1C(=O)CCC. The molecule has 0 aliphatic carbocycles. The maximum absolute atomic E-state index is 11.7. The second-order valence-electron chi connectivity index (χ2n) is 3.89. The van der Waals surface area contributed by atoms with Crippen LogP contribution in [0.25, 0.3) is 0 Å². The lowest BCUT2D eigenvalue weighted by molar-refractivity contribution is -0.129. The lowest BCUT2D eigenvalue weighted by Gasteiger charge is -2.18. The highest BCUT2D eigenvalue weighted by Gasteiger charge is 2.36. The van der Waals surface area contributed by atoms with E-state index in [0.717, 1.165) is 25.7 Å². The Balaban J connectivity index is 2.55. The van der Waals surface area contributed by atoms with E-state index < -0.39 is 6.09 Å². The van der Waals surface area contributed by atoms with E-state index in [1.165, 1.54) is 4.90 Å². The fraction of sp³-hybridized carbons (Fsp3) is 0.818. The lowest BCUT2D eigenvalue weighted by Crippen LogP contribution is -2.38. The molecule has 1 heterocycles. The van der Waals surface area contributed by atoms with Crippen LogP contribution in [0.2, 0.25) is 0 Å². The van der Waals surface area contributed by atoms with Gasteiger partial charge in [0.1, 0.15) is 6.61 Å². The van der Waals surface area contributed by atoms with Crippen molar-refractivity contribution in [3.63, 3.8) is 0 Å². The summed E-state index contributed by atoms with van der Waals surface area (Å²) in [5, 5.41) is 0. The van der Waals surface area contributed by atoms with E-state index >= 15 is 0 Å². The molecule has 1 saturated heterocycles. The van der Waals surface area contributed by atoms with Crippen LogP contribution in [-0.2, 0) is 9.53 Å². The van der Waals surface area contributed by atoms with Gasteiger partial charge in [-0.1, -0.05) is 26.7 Å². The van der Waals surface area contributed by atoms with E-state index in [9.17, 15) is 9.59 Å². The standard InChI is InChI=1S/C11H19NO3/c1-3-5-7-9-8-15-11(14)12(9)10(13)6-4-2/h9H,3-8H2,1-2H3/t9-/m0/s1. The van der Waals surface area contributed by atoms with E-state index in [0.29, 0.717) is 13.0 Å². The van der Waals surface area contributed by atoms with Crippen molar-refractivity contribution in [3.8, 4) is 0 Å². The highest BCUT2D eigenvalue weighted by atomic mass is 16.6. The Kier molecular flexibility index (Phi) is 4.59. The van der Waals surface area contributed by atoms with Crippen molar-refractivity contribution in [2.24, 2.45) is 0 Å². The predicted molar refractivity (Wildman–Crippen MR) is 56.4 cm³/mol. The summed E-state index contributed by atoms with van der Waals surface area (Å²) in [5.74, 6) is -0.0962. The quantitative estimate of drug-likeness (QED) is 0.704. The van der Waals surface area contributed by atoms with Crippen molar-refractivity contribution in [2.75, 3.05) is 6.61 Å².